The maximum absolute atomic E-state index is 12.7. The fourth-order valence-corrected chi connectivity index (χ4v) is 12.5. The molecule has 9 aromatic carbocycles. The van der Waals surface area contributed by atoms with Crippen molar-refractivity contribution in [2.45, 2.75) is 139 Å². The molecule has 3 aromatic heterocycles. The lowest BCUT2D eigenvalue weighted by molar-refractivity contribution is -0.162. The highest BCUT2D eigenvalue weighted by atomic mass is 16.6. The molecule has 95 heavy (non-hydrogen) atoms. The van der Waals surface area contributed by atoms with E-state index in [1.54, 1.807) is 12.4 Å². The zero-order chi connectivity index (χ0) is 68.3. The molecule has 0 bridgehead atoms. The maximum atomic E-state index is 12.7. The van der Waals surface area contributed by atoms with Crippen LogP contribution in [-0.2, 0) is 33.3 Å². The Kier molecular flexibility index (Phi) is 19.9. The third-order valence-corrected chi connectivity index (χ3v) is 16.3. The highest BCUT2D eigenvalue weighted by Crippen LogP contribution is 2.46. The predicted octanol–water partition coefficient (Wildman–Crippen LogP) is 20.4. The van der Waals surface area contributed by atoms with Gasteiger partial charge in [0.05, 0.1) is 38.8 Å². The number of benzene rings is 9. The van der Waals surface area contributed by atoms with Gasteiger partial charge in [0.1, 0.15) is 12.7 Å². The maximum Gasteiger partial charge on any atom is 0.337 e. The van der Waals surface area contributed by atoms with Crippen LogP contribution in [0.4, 0.5) is 0 Å². The van der Waals surface area contributed by atoms with Crippen LogP contribution >= 0.6 is 0 Å². The summed E-state index contributed by atoms with van der Waals surface area (Å²) >= 11 is 0. The number of carboxylic acid groups (broad SMARTS) is 2. The number of pyridine rings is 3. The molecule has 0 unspecified atom stereocenters. The Morgan fingerprint density at radius 3 is 0.989 bits per heavy atom. The number of para-hydroxylation sites is 3. The van der Waals surface area contributed by atoms with E-state index in [9.17, 15) is 24.6 Å². The molecule has 0 amide bonds. The van der Waals surface area contributed by atoms with E-state index >= 15 is 0 Å². The average molecular weight is 1270 g/mol. The molecule has 12 heteroatoms. The Labute approximate surface area is 556 Å². The highest BCUT2D eigenvalue weighted by Gasteiger charge is 2.35. The van der Waals surface area contributed by atoms with E-state index in [-0.39, 0.29) is 12.6 Å². The van der Waals surface area contributed by atoms with Gasteiger partial charge in [-0.1, -0.05) is 164 Å². The number of aromatic nitrogens is 3. The number of carboxylic acids is 2. The number of hydrogen-bond donors (Lipinski definition) is 2. The fourth-order valence-electron chi connectivity index (χ4n) is 12.5. The van der Waals surface area contributed by atoms with Gasteiger partial charge in [-0.05, 0) is 193 Å². The summed E-state index contributed by atoms with van der Waals surface area (Å²) in [5.74, 6) is -2.25. The van der Waals surface area contributed by atoms with Gasteiger partial charge in [0, 0.05) is 62.6 Å². The van der Waals surface area contributed by atoms with Gasteiger partial charge in [-0.15, -0.1) is 0 Å². The number of carbonyl (C=O) groups is 3. The fraction of sp³-hybridized carbons (Fsp3) is 0.277. The summed E-state index contributed by atoms with van der Waals surface area (Å²) in [4.78, 5) is 51.5. The quantitative estimate of drug-likeness (QED) is 0.105. The third kappa shape index (κ3) is 15.4. The zero-order valence-electron chi connectivity index (χ0n) is 57.1. The van der Waals surface area contributed by atoms with Crippen molar-refractivity contribution in [1.29, 1.82) is 0 Å². The first-order valence-electron chi connectivity index (χ1n) is 32.2. The number of nitrogens with zero attached hydrogens (tertiary/aromatic N) is 3. The van der Waals surface area contributed by atoms with Crippen LogP contribution in [0.25, 0.3) is 98.4 Å². The monoisotopic (exact) mass is 1270 g/mol. The zero-order valence-corrected chi connectivity index (χ0v) is 57.1. The molecule has 0 aliphatic carbocycles. The van der Waals surface area contributed by atoms with Gasteiger partial charge in [0.15, 0.2) is 12.2 Å². The molecule has 0 spiro atoms. The van der Waals surface area contributed by atoms with Crippen LogP contribution in [0, 0.1) is 26.2 Å². The molecular formula is C83H85N3O9. The standard InChI is InChI=1S/C31H35NO3.2C26H25NO3/c1-20-18-22-12-8-9-15-23(22)27(24-16-10-13-21-14-11-17-32-28(21)24)26(20)25(35-31(5,6)7)19-34-29(33)30(2,3)4;2*1-16-15-18-9-5-6-12-19(18)22(21(16)24(25(28)29)30-26(2,3)4)20-13-7-10-17-11-8-14-27-23(17)20/h8-18,25H,19H2,1-7H3;2*5-15,24H,1-4H3,(H,28,29)/t25-;2*24-/m100/s1. The van der Waals surface area contributed by atoms with E-state index in [1.165, 1.54) is 0 Å². The van der Waals surface area contributed by atoms with E-state index in [4.69, 9.17) is 23.9 Å². The first-order valence-corrected chi connectivity index (χ1v) is 32.2. The van der Waals surface area contributed by atoms with Gasteiger partial charge in [-0.2, -0.15) is 0 Å². The van der Waals surface area contributed by atoms with E-state index in [1.807, 2.05) is 218 Å². The number of fused-ring (bicyclic) bond motifs is 6. The van der Waals surface area contributed by atoms with Crippen molar-refractivity contribution < 1.29 is 43.5 Å². The molecule has 0 radical (unpaired) electrons. The third-order valence-electron chi connectivity index (χ3n) is 16.3. The lowest BCUT2D eigenvalue weighted by Crippen LogP contribution is -2.30. The molecule has 0 aliphatic rings. The Balaban J connectivity index is 0.000000156. The van der Waals surface area contributed by atoms with Crippen LogP contribution in [-0.4, -0.2) is 66.5 Å². The topological polar surface area (TPSA) is 167 Å². The van der Waals surface area contributed by atoms with Crippen molar-refractivity contribution >= 4 is 82.9 Å². The average Bonchev–Trinajstić information content (AvgIpc) is 0.762. The van der Waals surface area contributed by atoms with Crippen LogP contribution in [0.5, 0.6) is 0 Å². The molecule has 12 nitrogen and oxygen atoms in total. The SMILES string of the molecule is Cc1cc2ccccc2c(-c2cccc3cccnc23)c1[C@@H](COC(=O)C(C)(C)C)OC(C)(C)C.Cc1cc2ccccc2c(-c2cccc3cccnc23)c1[C@H](OC(C)(C)C)C(=O)O.Cc1cc2ccccc2c(-c2cccc3cccnc23)c1[C@H](OC(C)(C)C)C(=O)O. The summed E-state index contributed by atoms with van der Waals surface area (Å²) in [5.41, 5.74) is 11.3. The summed E-state index contributed by atoms with van der Waals surface area (Å²) in [6.07, 6.45) is 2.73. The van der Waals surface area contributed by atoms with Gasteiger partial charge in [0.25, 0.3) is 0 Å². The van der Waals surface area contributed by atoms with Gasteiger partial charge in [-0.25, -0.2) is 9.59 Å². The van der Waals surface area contributed by atoms with E-state index < -0.39 is 52.5 Å². The lowest BCUT2D eigenvalue weighted by Gasteiger charge is -2.31. The van der Waals surface area contributed by atoms with Crippen molar-refractivity contribution in [1.82, 2.24) is 15.0 Å². The number of hydrogen-bond acceptors (Lipinski definition) is 10. The number of carbonyl (C=O) groups excluding carboxylic acids is 1. The molecular weight excluding hydrogens is 1180 g/mol. The first-order chi connectivity index (χ1) is 45.0. The first kappa shape index (κ1) is 68.1. The minimum absolute atomic E-state index is 0.137. The minimum Gasteiger partial charge on any atom is -0.479 e. The molecule has 0 fully saturated rings. The molecule has 12 rings (SSSR count). The van der Waals surface area contributed by atoms with Gasteiger partial charge < -0.3 is 29.2 Å². The lowest BCUT2D eigenvalue weighted by atomic mass is 9.86. The summed E-state index contributed by atoms with van der Waals surface area (Å²) in [5, 5.41) is 29.7. The van der Waals surface area contributed by atoms with Crippen LogP contribution in [0.3, 0.4) is 0 Å². The summed E-state index contributed by atoms with van der Waals surface area (Å²) in [6, 6.07) is 60.9. The second kappa shape index (κ2) is 27.7. The summed E-state index contributed by atoms with van der Waals surface area (Å²) in [7, 11) is 0. The van der Waals surface area contributed by atoms with E-state index in [0.717, 1.165) is 121 Å². The Hall–Kier alpha value is -9.72. The molecule has 12 aromatic rings. The predicted molar refractivity (Wildman–Crippen MR) is 385 cm³/mol. The van der Waals surface area contributed by atoms with Crippen molar-refractivity contribution in [2.24, 2.45) is 5.41 Å². The van der Waals surface area contributed by atoms with Crippen LogP contribution in [0.15, 0.2) is 201 Å². The largest absolute Gasteiger partial charge is 0.479 e. The second-order valence-electron chi connectivity index (χ2n) is 28.2. The van der Waals surface area contributed by atoms with Gasteiger partial charge in [0.2, 0.25) is 0 Å². The van der Waals surface area contributed by atoms with Crippen LogP contribution < -0.4 is 0 Å². The molecule has 3 atom stereocenters. The van der Waals surface area contributed by atoms with Crippen LogP contribution in [0.1, 0.15) is 135 Å². The minimum atomic E-state index is -1.09. The molecule has 0 aliphatic heterocycles. The Morgan fingerprint density at radius 2 is 0.674 bits per heavy atom. The molecule has 0 saturated carbocycles. The van der Waals surface area contributed by atoms with E-state index in [2.05, 4.69) is 83.6 Å². The number of aryl methyl sites for hydroxylation is 3. The molecule has 2 N–H and O–H groups in total. The Morgan fingerprint density at radius 1 is 0.379 bits per heavy atom. The normalized spacial score (nSPS) is 13.0. The number of esters is 1. The smallest absolute Gasteiger partial charge is 0.337 e. The number of ether oxygens (including phenoxy) is 4. The van der Waals surface area contributed by atoms with Gasteiger partial charge in [-0.3, -0.25) is 19.7 Å². The summed E-state index contributed by atoms with van der Waals surface area (Å²) in [6.45, 7) is 29.1. The summed E-state index contributed by atoms with van der Waals surface area (Å²) < 4.78 is 24.6. The Bertz CT molecular complexity index is 4640. The van der Waals surface area contributed by atoms with Crippen molar-refractivity contribution in [2.75, 3.05) is 6.61 Å². The number of aliphatic carboxylic acids is 2. The second-order valence-corrected chi connectivity index (χ2v) is 28.2. The van der Waals surface area contributed by atoms with Crippen molar-refractivity contribution in [3.05, 3.63) is 234 Å². The van der Waals surface area contributed by atoms with Crippen LogP contribution in [0.2, 0.25) is 0 Å². The molecule has 0 saturated heterocycles. The van der Waals surface area contributed by atoms with Crippen molar-refractivity contribution in [3.63, 3.8) is 0 Å². The van der Waals surface area contributed by atoms with E-state index in [0.29, 0.717) is 11.1 Å². The highest BCUT2D eigenvalue weighted by molar-refractivity contribution is 6.09. The van der Waals surface area contributed by atoms with Crippen molar-refractivity contribution in [3.8, 4) is 33.4 Å². The number of rotatable bonds is 13. The molecule has 486 valence electrons. The molecule has 3 heterocycles. The van der Waals surface area contributed by atoms with Gasteiger partial charge >= 0.3 is 17.9 Å².